The lowest BCUT2D eigenvalue weighted by molar-refractivity contribution is 0.669. The van der Waals surface area contributed by atoms with Crippen molar-refractivity contribution in [2.24, 2.45) is 0 Å². The van der Waals surface area contributed by atoms with Gasteiger partial charge in [0.25, 0.3) is 0 Å². The predicted octanol–water partition coefficient (Wildman–Crippen LogP) is 12.7. The normalized spacial score (nSPS) is 11.9. The maximum atomic E-state index is 6.46. The monoisotopic (exact) mass is 717 g/mol. The van der Waals surface area contributed by atoms with E-state index >= 15 is 0 Å². The summed E-state index contributed by atoms with van der Waals surface area (Å²) in [6.07, 6.45) is 0. The number of para-hydroxylation sites is 5. The van der Waals surface area contributed by atoms with Crippen LogP contribution in [0, 0.1) is 0 Å². The number of benzene rings is 8. The van der Waals surface area contributed by atoms with E-state index in [2.05, 4.69) is 149 Å². The number of hydrogen-bond donors (Lipinski definition) is 0. The molecule has 0 spiro atoms. The molecule has 6 nitrogen and oxygen atoms in total. The highest BCUT2D eigenvalue weighted by atomic mass is 16.3. The Morgan fingerprint density at radius 2 is 0.946 bits per heavy atom. The van der Waals surface area contributed by atoms with Crippen LogP contribution in [0.5, 0.6) is 0 Å². The summed E-state index contributed by atoms with van der Waals surface area (Å²) in [6, 6.07) is 65.9. The average Bonchev–Trinajstić information content (AvgIpc) is 4.03. The number of furan rings is 1. The Morgan fingerprint density at radius 1 is 0.375 bits per heavy atom. The molecule has 0 radical (unpaired) electrons. The Balaban J connectivity index is 1.14. The molecule has 4 heterocycles. The van der Waals surface area contributed by atoms with Gasteiger partial charge in [-0.15, -0.1) is 5.10 Å². The van der Waals surface area contributed by atoms with Crippen molar-refractivity contribution in [2.45, 2.75) is 0 Å². The number of fused-ring (bicyclic) bond motifs is 9. The molecule has 0 N–H and O–H groups in total. The van der Waals surface area contributed by atoms with Crippen LogP contribution in [0.4, 0.5) is 0 Å². The second-order valence-electron chi connectivity index (χ2n) is 14.2. The maximum Gasteiger partial charge on any atom is 0.182 e. The topological polar surface area (TPSA) is 53.7 Å². The standard InChI is InChI=1S/C50H31N5O/c1-3-16-32(17-4-1)49-51-50(33-18-5-2-6-19-33)55(52-49)44-28-15-27-43-48(44)36-22-8-11-24-40(36)53(43)41-25-12-13-26-42(41)54-39-23-10-7-20-34(39)37-30-38-35-21-9-14-29-46(35)56-47(38)31-45(37)54/h1-31H. The molecule has 0 aliphatic rings. The fourth-order valence-corrected chi connectivity index (χ4v) is 8.69. The van der Waals surface area contributed by atoms with Gasteiger partial charge in [-0.25, -0.2) is 9.67 Å². The van der Waals surface area contributed by atoms with Gasteiger partial charge < -0.3 is 13.6 Å². The van der Waals surface area contributed by atoms with Gasteiger partial charge in [-0.1, -0.05) is 133 Å². The highest BCUT2D eigenvalue weighted by molar-refractivity contribution is 6.18. The summed E-state index contributed by atoms with van der Waals surface area (Å²) in [4.78, 5) is 5.15. The van der Waals surface area contributed by atoms with Gasteiger partial charge in [-0.2, -0.15) is 0 Å². The summed E-state index contributed by atoms with van der Waals surface area (Å²) >= 11 is 0. The number of rotatable bonds is 5. The third kappa shape index (κ3) is 4.44. The maximum absolute atomic E-state index is 6.46. The van der Waals surface area contributed by atoms with E-state index in [1.165, 1.54) is 10.8 Å². The van der Waals surface area contributed by atoms with Crippen molar-refractivity contribution in [3.8, 4) is 39.8 Å². The lowest BCUT2D eigenvalue weighted by atomic mass is 10.1. The Morgan fingerprint density at radius 3 is 1.71 bits per heavy atom. The number of aromatic nitrogens is 5. The highest BCUT2D eigenvalue weighted by Gasteiger charge is 2.24. The summed E-state index contributed by atoms with van der Waals surface area (Å²) in [5, 5.41) is 12.1. The Hall–Kier alpha value is -7.70. The van der Waals surface area contributed by atoms with Crippen LogP contribution in [0.2, 0.25) is 0 Å². The second-order valence-corrected chi connectivity index (χ2v) is 14.2. The zero-order chi connectivity index (χ0) is 36.7. The Kier molecular flexibility index (Phi) is 6.53. The molecular weight excluding hydrogens is 687 g/mol. The molecule has 0 unspecified atom stereocenters. The molecule has 4 aromatic heterocycles. The lowest BCUT2D eigenvalue weighted by Gasteiger charge is -2.16. The lowest BCUT2D eigenvalue weighted by Crippen LogP contribution is -2.04. The number of nitrogens with zero attached hydrogens (tertiary/aromatic N) is 5. The molecule has 0 aliphatic carbocycles. The third-order valence-electron chi connectivity index (χ3n) is 11.1. The molecular formula is C50H31N5O. The predicted molar refractivity (Wildman–Crippen MR) is 228 cm³/mol. The van der Waals surface area contributed by atoms with E-state index in [0.29, 0.717) is 5.82 Å². The van der Waals surface area contributed by atoms with Crippen molar-refractivity contribution in [3.63, 3.8) is 0 Å². The second kappa shape index (κ2) is 11.9. The van der Waals surface area contributed by atoms with Crippen molar-refractivity contribution >= 4 is 65.6 Å². The SMILES string of the molecule is c1ccc(-c2nc(-c3ccccc3)n(-c3cccc4c3c3ccccc3n4-c3ccccc3-n3c4ccccc4c4cc5c(cc43)oc3ccccc35)n2)cc1. The molecule has 0 bridgehead atoms. The van der Waals surface area contributed by atoms with Gasteiger partial charge in [0, 0.05) is 49.5 Å². The molecule has 0 saturated carbocycles. The van der Waals surface area contributed by atoms with Gasteiger partial charge in [0.05, 0.1) is 39.1 Å². The molecule has 12 rings (SSSR count). The molecule has 0 atom stereocenters. The van der Waals surface area contributed by atoms with E-state index in [1.807, 2.05) is 53.2 Å². The van der Waals surface area contributed by atoms with E-state index in [9.17, 15) is 0 Å². The van der Waals surface area contributed by atoms with Gasteiger partial charge in [0.15, 0.2) is 11.6 Å². The zero-order valence-electron chi connectivity index (χ0n) is 30.0. The van der Waals surface area contributed by atoms with Crippen LogP contribution in [0.15, 0.2) is 192 Å². The van der Waals surface area contributed by atoms with Crippen molar-refractivity contribution in [2.75, 3.05) is 0 Å². The van der Waals surface area contributed by atoms with Crippen molar-refractivity contribution < 1.29 is 4.42 Å². The molecule has 6 heteroatoms. The third-order valence-corrected chi connectivity index (χ3v) is 11.1. The van der Waals surface area contributed by atoms with Crippen LogP contribution < -0.4 is 0 Å². The minimum atomic E-state index is 0.681. The molecule has 12 aromatic rings. The minimum Gasteiger partial charge on any atom is -0.456 e. The summed E-state index contributed by atoms with van der Waals surface area (Å²) in [5.74, 6) is 1.47. The van der Waals surface area contributed by atoms with Crippen LogP contribution in [0.25, 0.3) is 105 Å². The smallest absolute Gasteiger partial charge is 0.182 e. The van der Waals surface area contributed by atoms with E-state index in [1.54, 1.807) is 0 Å². The van der Waals surface area contributed by atoms with Crippen LogP contribution >= 0.6 is 0 Å². The first-order chi connectivity index (χ1) is 27.8. The molecule has 56 heavy (non-hydrogen) atoms. The molecule has 0 aliphatic heterocycles. The Labute approximate surface area is 320 Å². The van der Waals surface area contributed by atoms with Crippen molar-refractivity contribution in [1.82, 2.24) is 23.9 Å². The van der Waals surface area contributed by atoms with Crippen LogP contribution in [0.1, 0.15) is 0 Å². The van der Waals surface area contributed by atoms with Crippen molar-refractivity contribution in [3.05, 3.63) is 188 Å². The van der Waals surface area contributed by atoms with Gasteiger partial charge in [0.1, 0.15) is 11.2 Å². The first-order valence-electron chi connectivity index (χ1n) is 18.8. The minimum absolute atomic E-state index is 0.681. The molecule has 0 amide bonds. The molecule has 0 fully saturated rings. The van der Waals surface area contributed by atoms with Gasteiger partial charge in [-0.05, 0) is 48.5 Å². The van der Waals surface area contributed by atoms with Gasteiger partial charge in [0.2, 0.25) is 0 Å². The van der Waals surface area contributed by atoms with Gasteiger partial charge in [-0.3, -0.25) is 0 Å². The van der Waals surface area contributed by atoms with E-state index in [0.717, 1.165) is 88.8 Å². The van der Waals surface area contributed by atoms with E-state index in [4.69, 9.17) is 14.5 Å². The quantitative estimate of drug-likeness (QED) is 0.178. The van der Waals surface area contributed by atoms with Gasteiger partial charge >= 0.3 is 0 Å². The molecule has 8 aromatic carbocycles. The van der Waals surface area contributed by atoms with Crippen molar-refractivity contribution in [1.29, 1.82) is 0 Å². The van der Waals surface area contributed by atoms with Crippen LogP contribution in [-0.2, 0) is 0 Å². The Bertz CT molecular complexity index is 3480. The average molecular weight is 718 g/mol. The molecule has 262 valence electrons. The van der Waals surface area contributed by atoms with E-state index in [-0.39, 0.29) is 0 Å². The van der Waals surface area contributed by atoms with E-state index < -0.39 is 0 Å². The first-order valence-corrected chi connectivity index (χ1v) is 18.8. The highest BCUT2D eigenvalue weighted by Crippen LogP contribution is 2.42. The first kappa shape index (κ1) is 30.7. The molecule has 0 saturated heterocycles. The summed E-state index contributed by atoms with van der Waals surface area (Å²) in [6.45, 7) is 0. The summed E-state index contributed by atoms with van der Waals surface area (Å²) < 4.78 is 13.3. The summed E-state index contributed by atoms with van der Waals surface area (Å²) in [7, 11) is 0. The number of hydrogen-bond acceptors (Lipinski definition) is 3. The fraction of sp³-hybridized carbons (Fsp3) is 0. The zero-order valence-corrected chi connectivity index (χ0v) is 30.0. The largest absolute Gasteiger partial charge is 0.456 e. The fourth-order valence-electron chi connectivity index (χ4n) is 8.69. The van der Waals surface area contributed by atoms with Crippen LogP contribution in [0.3, 0.4) is 0 Å². The summed E-state index contributed by atoms with van der Waals surface area (Å²) in [5.41, 5.74) is 11.2. The van der Waals surface area contributed by atoms with Crippen LogP contribution in [-0.4, -0.2) is 23.9 Å².